The summed E-state index contributed by atoms with van der Waals surface area (Å²) in [5.41, 5.74) is -6.31. The molecule has 1 saturated heterocycles. The van der Waals surface area contributed by atoms with Crippen LogP contribution in [0.25, 0.3) is 5.76 Å². The van der Waals surface area contributed by atoms with Crippen molar-refractivity contribution in [1.82, 2.24) is 0 Å². The predicted molar refractivity (Wildman–Crippen MR) is 129 cm³/mol. The molecule has 0 radical (unpaired) electrons. The third-order valence-electron chi connectivity index (χ3n) is 10.1. The van der Waals surface area contributed by atoms with Crippen molar-refractivity contribution in [3.63, 3.8) is 0 Å². The summed E-state index contributed by atoms with van der Waals surface area (Å²) in [6.45, 7) is 3.26. The molecular weight excluding hydrogens is 508 g/mol. The number of aryl methyl sites for hydroxylation is 2. The number of allylic oxidation sites excluding steroid dienone is 1. The number of aromatic hydroxyl groups is 2. The third kappa shape index (κ3) is 2.02. The van der Waals surface area contributed by atoms with Crippen molar-refractivity contribution < 1.29 is 49.4 Å². The van der Waals surface area contributed by atoms with Gasteiger partial charge in [-0.05, 0) is 55.7 Å². The lowest BCUT2D eigenvalue weighted by molar-refractivity contribution is -0.139. The second-order valence-electron chi connectivity index (χ2n) is 11.8. The Morgan fingerprint density at radius 3 is 2.00 bits per heavy atom. The molecule has 2 aromatic rings. The van der Waals surface area contributed by atoms with Crippen LogP contribution in [0.15, 0.2) is 29.8 Å². The van der Waals surface area contributed by atoms with Crippen molar-refractivity contribution in [1.29, 1.82) is 0 Å². The summed E-state index contributed by atoms with van der Waals surface area (Å²) < 4.78 is 6.05. The van der Waals surface area contributed by atoms with Crippen LogP contribution < -0.4 is 0 Å². The average molecular weight is 530 g/mol. The van der Waals surface area contributed by atoms with Gasteiger partial charge in [0, 0.05) is 23.0 Å². The molecule has 2 aromatic carbocycles. The zero-order valence-electron chi connectivity index (χ0n) is 20.7. The van der Waals surface area contributed by atoms with E-state index in [9.17, 15) is 44.7 Å². The summed E-state index contributed by atoms with van der Waals surface area (Å²) in [6.07, 6.45) is -3.55. The molecule has 10 heteroatoms. The Morgan fingerprint density at radius 2 is 1.36 bits per heavy atom. The van der Waals surface area contributed by atoms with E-state index >= 15 is 0 Å². The summed E-state index contributed by atoms with van der Waals surface area (Å²) in [7, 11) is 0. The Hall–Kier alpha value is -3.86. The monoisotopic (exact) mass is 530 g/mol. The summed E-state index contributed by atoms with van der Waals surface area (Å²) in [4.78, 5) is 56.8. The summed E-state index contributed by atoms with van der Waals surface area (Å²) in [6, 6.07) is 5.51. The number of epoxide rings is 1. The van der Waals surface area contributed by atoms with E-state index in [4.69, 9.17) is 4.74 Å². The van der Waals surface area contributed by atoms with Crippen LogP contribution in [0.4, 0.5) is 0 Å². The maximum absolute atomic E-state index is 14.3. The van der Waals surface area contributed by atoms with Crippen molar-refractivity contribution in [3.8, 4) is 11.5 Å². The number of ether oxygens (including phenoxy) is 1. The topological polar surface area (TPSA) is 182 Å². The van der Waals surface area contributed by atoms with Gasteiger partial charge in [-0.1, -0.05) is 0 Å². The zero-order chi connectivity index (χ0) is 27.7. The number of ketones is 4. The molecule has 1 spiro atoms. The minimum Gasteiger partial charge on any atom is -0.507 e. The van der Waals surface area contributed by atoms with Gasteiger partial charge in [-0.15, -0.1) is 0 Å². The molecule has 2 bridgehead atoms. The zero-order valence-corrected chi connectivity index (χ0v) is 20.7. The molecule has 198 valence electrons. The lowest BCUT2D eigenvalue weighted by Crippen LogP contribution is -2.70. The molecule has 1 heterocycles. The Balaban J connectivity index is 1.47. The average Bonchev–Trinajstić information content (AvgIpc) is 3.45. The minimum absolute atomic E-state index is 0.0666. The van der Waals surface area contributed by atoms with Gasteiger partial charge in [-0.25, -0.2) is 0 Å². The van der Waals surface area contributed by atoms with E-state index in [0.717, 1.165) is 0 Å². The van der Waals surface area contributed by atoms with Crippen molar-refractivity contribution in [2.75, 3.05) is 0 Å². The maximum Gasteiger partial charge on any atom is 0.203 e. The first-order chi connectivity index (χ1) is 18.4. The quantitative estimate of drug-likeness (QED) is 0.312. The van der Waals surface area contributed by atoms with Gasteiger partial charge in [0.25, 0.3) is 0 Å². The number of aliphatic hydroxyl groups excluding tert-OH is 3. The van der Waals surface area contributed by atoms with Crippen LogP contribution >= 0.6 is 0 Å². The second kappa shape index (κ2) is 6.30. The number of phenols is 2. The molecule has 0 aromatic heterocycles. The smallest absolute Gasteiger partial charge is 0.203 e. The van der Waals surface area contributed by atoms with Crippen LogP contribution in [0.1, 0.15) is 54.2 Å². The minimum atomic E-state index is -2.23. The van der Waals surface area contributed by atoms with Gasteiger partial charge in [0.05, 0.1) is 40.2 Å². The highest BCUT2D eigenvalue weighted by Gasteiger charge is 2.95. The number of fused-ring (bicyclic) bond motifs is 3. The fourth-order valence-electron chi connectivity index (χ4n) is 8.98. The highest BCUT2D eigenvalue weighted by molar-refractivity contribution is 6.30. The fourth-order valence-corrected chi connectivity index (χ4v) is 8.98. The van der Waals surface area contributed by atoms with E-state index in [1.165, 1.54) is 24.3 Å². The molecule has 8 rings (SSSR count). The van der Waals surface area contributed by atoms with Crippen LogP contribution in [0.3, 0.4) is 0 Å². The lowest BCUT2D eigenvalue weighted by Gasteiger charge is -2.53. The van der Waals surface area contributed by atoms with Crippen molar-refractivity contribution in [3.05, 3.63) is 63.2 Å². The molecular formula is C29H22O10. The van der Waals surface area contributed by atoms with Gasteiger partial charge in [-0.3, -0.25) is 19.2 Å². The van der Waals surface area contributed by atoms with Gasteiger partial charge >= 0.3 is 0 Å². The number of aliphatic hydroxyl groups is 3. The van der Waals surface area contributed by atoms with Crippen LogP contribution in [-0.4, -0.2) is 72.1 Å². The van der Waals surface area contributed by atoms with E-state index in [2.05, 4.69) is 0 Å². The highest BCUT2D eigenvalue weighted by atomic mass is 16.6. The molecule has 4 fully saturated rings. The summed E-state index contributed by atoms with van der Waals surface area (Å²) >= 11 is 0. The molecule has 8 atom stereocenters. The Kier molecular flexibility index (Phi) is 3.73. The SMILES string of the molecule is Cc1cc(O)c2c(c1)C(=O)[C@@]13O[C@]1(C2=O)[C@H]1C(=O)C2=C(O)c4c(O)cc(C)cc4C(=O)[C@@]24C[C@H](O)C3C4[C@H]1O. The number of hydrogen-bond donors (Lipinski definition) is 5. The summed E-state index contributed by atoms with van der Waals surface area (Å²) in [5, 5.41) is 56.0. The van der Waals surface area contributed by atoms with Crippen LogP contribution in [-0.2, 0) is 9.53 Å². The van der Waals surface area contributed by atoms with Gasteiger partial charge in [-0.2, -0.15) is 0 Å². The van der Waals surface area contributed by atoms with E-state index in [1.807, 2.05) is 0 Å². The normalized spacial score (nSPS) is 40.6. The van der Waals surface area contributed by atoms with Crippen LogP contribution in [0.5, 0.6) is 11.5 Å². The predicted octanol–water partition coefficient (Wildman–Crippen LogP) is 1.32. The van der Waals surface area contributed by atoms with E-state index in [0.29, 0.717) is 11.1 Å². The van der Waals surface area contributed by atoms with Gasteiger partial charge in [0.2, 0.25) is 5.78 Å². The molecule has 3 saturated carbocycles. The number of rotatable bonds is 0. The first-order valence-corrected chi connectivity index (χ1v) is 12.7. The molecule has 5 N–H and O–H groups in total. The molecule has 0 amide bonds. The van der Waals surface area contributed by atoms with E-state index in [-0.39, 0.29) is 22.3 Å². The largest absolute Gasteiger partial charge is 0.507 e. The maximum atomic E-state index is 14.3. The highest BCUT2D eigenvalue weighted by Crippen LogP contribution is 2.78. The van der Waals surface area contributed by atoms with E-state index < -0.39 is 99.0 Å². The number of phenolic OH excluding ortho intramolecular Hbond substituents is 2. The number of Topliss-reactive ketones (excluding diaryl/α,β-unsaturated/α-hetero) is 4. The Labute approximate surface area is 220 Å². The molecule has 2 unspecified atom stereocenters. The Bertz CT molecular complexity index is 1720. The van der Waals surface area contributed by atoms with Gasteiger partial charge in [0.1, 0.15) is 17.3 Å². The lowest BCUT2D eigenvalue weighted by atomic mass is 9.44. The first kappa shape index (κ1) is 23.1. The van der Waals surface area contributed by atoms with Crippen LogP contribution in [0, 0.1) is 37.0 Å². The third-order valence-corrected chi connectivity index (χ3v) is 10.1. The van der Waals surface area contributed by atoms with E-state index in [1.54, 1.807) is 13.8 Å². The number of carbonyl (C=O) groups excluding carboxylic acids is 4. The first-order valence-electron chi connectivity index (χ1n) is 12.7. The Morgan fingerprint density at radius 1 is 0.769 bits per heavy atom. The van der Waals surface area contributed by atoms with Gasteiger partial charge < -0.3 is 30.3 Å². The van der Waals surface area contributed by atoms with Crippen molar-refractivity contribution in [2.45, 2.75) is 43.7 Å². The van der Waals surface area contributed by atoms with Crippen LogP contribution in [0.2, 0.25) is 0 Å². The molecule has 10 nitrogen and oxygen atoms in total. The van der Waals surface area contributed by atoms with Crippen molar-refractivity contribution >= 4 is 28.9 Å². The van der Waals surface area contributed by atoms with Gasteiger partial charge in [0.15, 0.2) is 28.6 Å². The molecule has 39 heavy (non-hydrogen) atoms. The second-order valence-corrected chi connectivity index (χ2v) is 11.8. The number of carbonyl (C=O) groups is 4. The molecule has 6 aliphatic rings. The number of benzene rings is 2. The standard InChI is InChI=1S/C29H22O10/c1-8-3-10-15(12(30)5-8)21(33)19-23(35)20-22(34)18-17(14(32)7-27(18,19)24(10)36)28-25(37)11-4-9(2)6-13(31)16(11)26(38)29(20,28)39-28/h3-6,14,17-18,20,22,30-34H,7H2,1-2H3/t14-,17?,18?,20+,22+,27+,28+,29-/m0/s1. The number of hydrogen-bond acceptors (Lipinski definition) is 10. The summed E-state index contributed by atoms with van der Waals surface area (Å²) in [5.74, 6) is -9.01. The molecule has 5 aliphatic carbocycles. The molecule has 1 aliphatic heterocycles. The van der Waals surface area contributed by atoms with Crippen molar-refractivity contribution in [2.24, 2.45) is 23.2 Å². The fraction of sp³-hybridized carbons (Fsp3) is 0.379.